The number of carbonyl (C=O) groups is 1. The zero-order chi connectivity index (χ0) is 32.7. The van der Waals surface area contributed by atoms with Gasteiger partial charge < -0.3 is 24.2 Å². The first-order valence-electron chi connectivity index (χ1n) is 16.4. The van der Waals surface area contributed by atoms with Crippen LogP contribution in [-0.2, 0) is 32.5 Å². The maximum absolute atomic E-state index is 13.7. The van der Waals surface area contributed by atoms with E-state index in [1.807, 2.05) is 37.3 Å². The molecule has 0 saturated heterocycles. The highest BCUT2D eigenvalue weighted by Gasteiger charge is 2.37. The first kappa shape index (κ1) is 34.7. The molecule has 1 aliphatic carbocycles. The van der Waals surface area contributed by atoms with Crippen molar-refractivity contribution in [3.8, 4) is 5.75 Å². The van der Waals surface area contributed by atoms with Crippen LogP contribution in [0.15, 0.2) is 48.6 Å². The number of amides is 1. The molecule has 1 amide bonds. The summed E-state index contributed by atoms with van der Waals surface area (Å²) in [6, 6.07) is 11.0. The van der Waals surface area contributed by atoms with E-state index in [4.69, 9.17) is 25.8 Å². The number of ether oxygens (including phenoxy) is 3. The number of rotatable bonds is 6. The van der Waals surface area contributed by atoms with E-state index in [2.05, 4.69) is 9.62 Å². The van der Waals surface area contributed by atoms with Gasteiger partial charge in [0.25, 0.3) is 5.91 Å². The van der Waals surface area contributed by atoms with Gasteiger partial charge in [0.1, 0.15) is 12.4 Å². The van der Waals surface area contributed by atoms with E-state index >= 15 is 0 Å². The number of sulfonamides is 1. The Morgan fingerprint density at radius 1 is 1.09 bits per heavy atom. The van der Waals surface area contributed by atoms with E-state index in [1.54, 1.807) is 25.3 Å². The summed E-state index contributed by atoms with van der Waals surface area (Å²) in [7, 11) is -2.50. The molecule has 2 aliphatic heterocycles. The van der Waals surface area contributed by atoms with Crippen molar-refractivity contribution < 1.29 is 32.5 Å². The molecule has 5 atom stereocenters. The van der Waals surface area contributed by atoms with Crippen LogP contribution in [0.5, 0.6) is 5.75 Å². The second-order valence-corrected chi connectivity index (χ2v) is 15.2. The van der Waals surface area contributed by atoms with E-state index in [0.29, 0.717) is 43.6 Å². The van der Waals surface area contributed by atoms with Gasteiger partial charge in [-0.1, -0.05) is 36.7 Å². The van der Waals surface area contributed by atoms with Crippen molar-refractivity contribution in [3.05, 3.63) is 70.3 Å². The predicted octanol–water partition coefficient (Wildman–Crippen LogP) is 5.53. The zero-order valence-corrected chi connectivity index (χ0v) is 28.4. The number of anilines is 1. The Balaban J connectivity index is 1.49. The van der Waals surface area contributed by atoms with Gasteiger partial charge in [0.2, 0.25) is 10.0 Å². The summed E-state index contributed by atoms with van der Waals surface area (Å²) in [5.41, 5.74) is 3.22. The Bertz CT molecular complexity index is 1480. The van der Waals surface area contributed by atoms with Gasteiger partial charge in [-0.05, 0) is 104 Å². The van der Waals surface area contributed by atoms with Crippen molar-refractivity contribution in [2.75, 3.05) is 44.9 Å². The highest BCUT2D eigenvalue weighted by molar-refractivity contribution is 7.90. The number of fused-ring (bicyclic) bond motifs is 3. The minimum atomic E-state index is -4.08. The van der Waals surface area contributed by atoms with E-state index in [0.717, 1.165) is 55.5 Å². The van der Waals surface area contributed by atoms with Gasteiger partial charge in [-0.3, -0.25) is 4.79 Å². The van der Waals surface area contributed by atoms with Crippen molar-refractivity contribution in [2.45, 2.75) is 69.8 Å². The average Bonchev–Trinajstić information content (AvgIpc) is 3.03. The minimum Gasteiger partial charge on any atom is -0.487 e. The molecule has 9 nitrogen and oxygen atoms in total. The van der Waals surface area contributed by atoms with E-state index in [-0.39, 0.29) is 36.3 Å². The summed E-state index contributed by atoms with van der Waals surface area (Å²) in [6.45, 7) is 4.61. The molecule has 11 heteroatoms. The third-order valence-corrected chi connectivity index (χ3v) is 11.9. The van der Waals surface area contributed by atoms with Crippen molar-refractivity contribution in [1.82, 2.24) is 4.72 Å². The van der Waals surface area contributed by atoms with E-state index < -0.39 is 27.3 Å². The molecule has 1 fully saturated rings. The van der Waals surface area contributed by atoms with Crippen molar-refractivity contribution >= 4 is 33.2 Å². The normalized spacial score (nSPS) is 27.5. The number of carbonyl (C=O) groups excluding carboxylic acids is 1. The summed E-state index contributed by atoms with van der Waals surface area (Å²) in [4.78, 5) is 15.9. The number of halogens is 1. The molecule has 3 aliphatic rings. The van der Waals surface area contributed by atoms with Gasteiger partial charge in [-0.15, -0.1) is 0 Å². The molecule has 1 saturated carbocycles. The first-order chi connectivity index (χ1) is 22.2. The number of nitrogens with one attached hydrogen (secondary N) is 1. The standard InChI is InChI=1S/C35H47ClN2O7S/c1-24-6-5-8-32(39)30-13-10-27(30)22-38-16-4-3-7-25-20-29(36)12-9-28(25)23-45-33-14-11-26(21-31(33)38)35(40)37-46(41,42)34(24)15-17-44-19-18-43-2/h5,8-9,11-12,14,20-21,24,27,30,32,34,39H,3-4,6-7,10,13,15-19,22-23H2,1-2H3,(H,37,40)/b8-5+/t24-,27+,30-,32+,34?/m1/s1. The molecule has 1 unspecified atom stereocenters. The van der Waals surface area contributed by atoms with Gasteiger partial charge in [0.05, 0.1) is 30.3 Å². The second-order valence-electron chi connectivity index (χ2n) is 12.8. The number of benzene rings is 2. The summed E-state index contributed by atoms with van der Waals surface area (Å²) in [6.07, 6.45) is 8.42. The summed E-state index contributed by atoms with van der Waals surface area (Å²) >= 11 is 6.32. The third-order valence-electron chi connectivity index (χ3n) is 9.70. The second kappa shape index (κ2) is 16.0. The summed E-state index contributed by atoms with van der Waals surface area (Å²) in [5, 5.41) is 11.0. The molecule has 2 aromatic rings. The van der Waals surface area contributed by atoms with Crippen LogP contribution < -0.4 is 14.4 Å². The lowest BCUT2D eigenvalue weighted by atomic mass is 9.70. The highest BCUT2D eigenvalue weighted by atomic mass is 35.5. The van der Waals surface area contributed by atoms with Gasteiger partial charge >= 0.3 is 0 Å². The number of methoxy groups -OCH3 is 1. The molecular weight excluding hydrogens is 628 g/mol. The summed E-state index contributed by atoms with van der Waals surface area (Å²) in [5.74, 6) is 0.00911. The van der Waals surface area contributed by atoms with Crippen LogP contribution in [0.2, 0.25) is 5.02 Å². The van der Waals surface area contributed by atoms with Crippen LogP contribution in [-0.4, -0.2) is 70.8 Å². The fourth-order valence-corrected chi connectivity index (χ4v) is 8.67. The zero-order valence-electron chi connectivity index (χ0n) is 26.8. The Labute approximate surface area is 278 Å². The molecule has 2 heterocycles. The van der Waals surface area contributed by atoms with Crippen molar-refractivity contribution in [1.29, 1.82) is 0 Å². The lowest BCUT2D eigenvalue weighted by Gasteiger charge is -2.42. The maximum atomic E-state index is 13.7. The van der Waals surface area contributed by atoms with Crippen molar-refractivity contribution in [3.63, 3.8) is 0 Å². The molecule has 2 aromatic carbocycles. The van der Waals surface area contributed by atoms with Crippen LogP contribution in [0.1, 0.15) is 66.9 Å². The maximum Gasteiger partial charge on any atom is 0.264 e. The third kappa shape index (κ3) is 8.63. The number of allylic oxidation sites excluding steroid dienone is 1. The van der Waals surface area contributed by atoms with Gasteiger partial charge in [-0.2, -0.15) is 0 Å². The fourth-order valence-electron chi connectivity index (χ4n) is 6.81. The Hall–Kier alpha value is -2.63. The highest BCUT2D eigenvalue weighted by Crippen LogP contribution is 2.41. The first-order valence-corrected chi connectivity index (χ1v) is 18.3. The molecule has 252 valence electrons. The molecular formula is C35H47ClN2O7S. The van der Waals surface area contributed by atoms with E-state index in [1.165, 1.54) is 0 Å². The lowest BCUT2D eigenvalue weighted by Crippen LogP contribution is -2.44. The Morgan fingerprint density at radius 3 is 2.72 bits per heavy atom. The number of hydrogen-bond acceptors (Lipinski definition) is 8. The molecule has 46 heavy (non-hydrogen) atoms. The van der Waals surface area contributed by atoms with Crippen LogP contribution in [0.25, 0.3) is 0 Å². The molecule has 5 rings (SSSR count). The van der Waals surface area contributed by atoms with Crippen LogP contribution >= 0.6 is 11.6 Å². The number of aliphatic hydroxyl groups excluding tert-OH is 1. The van der Waals surface area contributed by atoms with Gasteiger partial charge in [0.15, 0.2) is 0 Å². The number of aliphatic hydroxyl groups is 1. The SMILES string of the molecule is COCCOCCC1[C@H](C)C/C=C/[C@H](O)[C@@H]2CC[C@H]2CN2CCCCc3cc(Cl)ccc3COc3ccc(cc32)C(=O)NS1(=O)=O. The summed E-state index contributed by atoms with van der Waals surface area (Å²) < 4.78 is 46.9. The Kier molecular flexibility index (Phi) is 12.1. The number of nitrogens with zero attached hydrogens (tertiary/aromatic N) is 1. The fraction of sp³-hybridized carbons (Fsp3) is 0.571. The average molecular weight is 675 g/mol. The largest absolute Gasteiger partial charge is 0.487 e. The molecule has 0 spiro atoms. The van der Waals surface area contributed by atoms with Crippen LogP contribution in [0.4, 0.5) is 5.69 Å². The van der Waals surface area contributed by atoms with Crippen molar-refractivity contribution in [2.24, 2.45) is 17.8 Å². The molecule has 2 bridgehead atoms. The smallest absolute Gasteiger partial charge is 0.264 e. The molecule has 0 aromatic heterocycles. The van der Waals surface area contributed by atoms with E-state index in [9.17, 15) is 18.3 Å². The topological polar surface area (TPSA) is 114 Å². The minimum absolute atomic E-state index is 0.105. The van der Waals surface area contributed by atoms with Crippen LogP contribution in [0.3, 0.4) is 0 Å². The van der Waals surface area contributed by atoms with Gasteiger partial charge in [-0.25, -0.2) is 13.1 Å². The number of hydrogen-bond donors (Lipinski definition) is 2. The van der Waals surface area contributed by atoms with Gasteiger partial charge in [0, 0.05) is 37.4 Å². The predicted molar refractivity (Wildman–Crippen MR) is 180 cm³/mol. The number of aryl methyl sites for hydroxylation is 1. The Morgan fingerprint density at radius 2 is 1.93 bits per heavy atom. The molecule has 0 radical (unpaired) electrons. The lowest BCUT2D eigenvalue weighted by molar-refractivity contribution is 0.0460. The molecule has 2 N–H and O–H groups in total. The monoisotopic (exact) mass is 674 g/mol. The quantitative estimate of drug-likeness (QED) is 0.304. The van der Waals surface area contributed by atoms with Crippen LogP contribution in [0, 0.1) is 17.8 Å².